The molecular formula is C16H22ClN3. The van der Waals surface area contributed by atoms with Gasteiger partial charge in [0.05, 0.1) is 5.69 Å². The Bertz CT molecular complexity index is 589. The van der Waals surface area contributed by atoms with Crippen molar-refractivity contribution in [2.45, 2.75) is 33.2 Å². The van der Waals surface area contributed by atoms with Crippen molar-refractivity contribution < 1.29 is 0 Å². The number of likely N-dealkylation sites (N-methyl/N-ethyl adjacent to an activating group) is 1. The highest BCUT2D eigenvalue weighted by Gasteiger charge is 2.18. The number of rotatable bonds is 5. The molecule has 1 N–H and O–H groups in total. The Morgan fingerprint density at radius 2 is 2.00 bits per heavy atom. The maximum Gasteiger partial charge on any atom is 0.0629 e. The van der Waals surface area contributed by atoms with Gasteiger partial charge in [-0.1, -0.05) is 36.7 Å². The first-order valence-corrected chi connectivity index (χ1v) is 7.39. The first kappa shape index (κ1) is 15.1. The molecule has 1 unspecified atom stereocenters. The zero-order valence-electron chi connectivity index (χ0n) is 12.6. The molecule has 2 rings (SSSR count). The third-order valence-corrected chi connectivity index (χ3v) is 4.14. The smallest absolute Gasteiger partial charge is 0.0629 e. The molecular weight excluding hydrogens is 270 g/mol. The van der Waals surface area contributed by atoms with Gasteiger partial charge in [0.25, 0.3) is 0 Å². The molecule has 1 heterocycles. The van der Waals surface area contributed by atoms with Crippen molar-refractivity contribution in [1.29, 1.82) is 0 Å². The van der Waals surface area contributed by atoms with E-state index in [1.54, 1.807) is 0 Å². The van der Waals surface area contributed by atoms with Gasteiger partial charge in [0.2, 0.25) is 0 Å². The molecule has 0 aliphatic rings. The highest BCUT2D eigenvalue weighted by atomic mass is 35.5. The van der Waals surface area contributed by atoms with E-state index < -0.39 is 0 Å². The minimum absolute atomic E-state index is 0.218. The molecule has 1 aromatic carbocycles. The van der Waals surface area contributed by atoms with Crippen molar-refractivity contribution in [2.75, 3.05) is 6.54 Å². The number of hydrogen-bond donors (Lipinski definition) is 1. The summed E-state index contributed by atoms with van der Waals surface area (Å²) in [4.78, 5) is 0. The number of nitrogens with one attached hydrogen (secondary N) is 1. The van der Waals surface area contributed by atoms with E-state index in [4.69, 9.17) is 11.6 Å². The topological polar surface area (TPSA) is 29.9 Å². The molecule has 3 nitrogen and oxygen atoms in total. The highest BCUT2D eigenvalue weighted by Crippen LogP contribution is 2.27. The van der Waals surface area contributed by atoms with E-state index in [1.165, 1.54) is 11.3 Å². The number of aryl methyl sites for hydroxylation is 2. The second-order valence-corrected chi connectivity index (χ2v) is 5.52. The molecule has 0 spiro atoms. The molecule has 0 saturated carbocycles. The summed E-state index contributed by atoms with van der Waals surface area (Å²) in [6.07, 6.45) is 0.906. The summed E-state index contributed by atoms with van der Waals surface area (Å²) < 4.78 is 1.94. The van der Waals surface area contributed by atoms with Gasteiger partial charge in [0, 0.05) is 23.8 Å². The minimum Gasteiger partial charge on any atom is -0.310 e. The Morgan fingerprint density at radius 1 is 1.30 bits per heavy atom. The van der Waals surface area contributed by atoms with Gasteiger partial charge in [-0.2, -0.15) is 5.10 Å². The summed E-state index contributed by atoms with van der Waals surface area (Å²) in [5.41, 5.74) is 4.77. The fourth-order valence-electron chi connectivity index (χ4n) is 2.61. The average molecular weight is 292 g/mol. The largest absolute Gasteiger partial charge is 0.310 e. The lowest BCUT2D eigenvalue weighted by Crippen LogP contribution is -2.23. The molecule has 0 aliphatic carbocycles. The SMILES string of the molecule is CCNC(Cc1c(C)nn(C)c1C)c1ccccc1Cl. The van der Waals surface area contributed by atoms with Gasteiger partial charge < -0.3 is 5.32 Å². The first-order valence-electron chi connectivity index (χ1n) is 7.01. The second kappa shape index (κ2) is 6.42. The fraction of sp³-hybridized carbons (Fsp3) is 0.438. The van der Waals surface area contributed by atoms with Gasteiger partial charge in [-0.25, -0.2) is 0 Å². The van der Waals surface area contributed by atoms with Crippen LogP contribution in [0.25, 0.3) is 0 Å². The van der Waals surface area contributed by atoms with Gasteiger partial charge >= 0.3 is 0 Å². The second-order valence-electron chi connectivity index (χ2n) is 5.11. The predicted octanol–water partition coefficient (Wildman–Crippen LogP) is 3.58. The summed E-state index contributed by atoms with van der Waals surface area (Å²) in [5.74, 6) is 0. The Balaban J connectivity index is 2.33. The maximum absolute atomic E-state index is 6.34. The Kier molecular flexibility index (Phi) is 4.84. The third-order valence-electron chi connectivity index (χ3n) is 3.80. The Morgan fingerprint density at radius 3 is 2.55 bits per heavy atom. The molecule has 0 radical (unpaired) electrons. The maximum atomic E-state index is 6.34. The summed E-state index contributed by atoms with van der Waals surface area (Å²) in [7, 11) is 1.99. The normalized spacial score (nSPS) is 12.7. The van der Waals surface area contributed by atoms with Crippen LogP contribution in [0.4, 0.5) is 0 Å². The molecule has 108 valence electrons. The van der Waals surface area contributed by atoms with E-state index in [9.17, 15) is 0 Å². The van der Waals surface area contributed by atoms with Crippen molar-refractivity contribution in [2.24, 2.45) is 7.05 Å². The molecule has 0 fully saturated rings. The van der Waals surface area contributed by atoms with E-state index >= 15 is 0 Å². The van der Waals surface area contributed by atoms with Gasteiger partial charge in [-0.3, -0.25) is 4.68 Å². The van der Waals surface area contributed by atoms with Crippen molar-refractivity contribution in [3.05, 3.63) is 51.8 Å². The van der Waals surface area contributed by atoms with Crippen LogP contribution < -0.4 is 5.32 Å². The molecule has 2 aromatic rings. The van der Waals surface area contributed by atoms with Gasteiger partial charge in [0.1, 0.15) is 0 Å². The first-order chi connectivity index (χ1) is 9.54. The molecule has 0 amide bonds. The summed E-state index contributed by atoms with van der Waals surface area (Å²) in [5, 5.41) is 8.84. The van der Waals surface area contributed by atoms with Crippen LogP contribution in [0.15, 0.2) is 24.3 Å². The average Bonchev–Trinajstić information content (AvgIpc) is 2.65. The van der Waals surface area contributed by atoms with E-state index in [-0.39, 0.29) is 6.04 Å². The quantitative estimate of drug-likeness (QED) is 0.912. The van der Waals surface area contributed by atoms with Gasteiger partial charge in [-0.15, -0.1) is 0 Å². The van der Waals surface area contributed by atoms with Crippen LogP contribution in [0.3, 0.4) is 0 Å². The van der Waals surface area contributed by atoms with E-state index in [2.05, 4.69) is 37.3 Å². The number of benzene rings is 1. The lowest BCUT2D eigenvalue weighted by Gasteiger charge is -2.20. The van der Waals surface area contributed by atoms with E-state index in [0.717, 1.165) is 29.2 Å². The van der Waals surface area contributed by atoms with Crippen LogP contribution in [-0.4, -0.2) is 16.3 Å². The zero-order chi connectivity index (χ0) is 14.7. The molecule has 20 heavy (non-hydrogen) atoms. The lowest BCUT2D eigenvalue weighted by atomic mass is 9.97. The lowest BCUT2D eigenvalue weighted by molar-refractivity contribution is 0.547. The number of hydrogen-bond acceptors (Lipinski definition) is 2. The zero-order valence-corrected chi connectivity index (χ0v) is 13.3. The molecule has 0 aliphatic heterocycles. The third kappa shape index (κ3) is 3.05. The fourth-order valence-corrected chi connectivity index (χ4v) is 2.88. The van der Waals surface area contributed by atoms with Crippen LogP contribution in [0.5, 0.6) is 0 Å². The predicted molar refractivity (Wildman–Crippen MR) is 84.3 cm³/mol. The van der Waals surface area contributed by atoms with Crippen LogP contribution >= 0.6 is 11.6 Å². The van der Waals surface area contributed by atoms with Crippen LogP contribution in [0.1, 0.15) is 35.5 Å². The van der Waals surface area contributed by atoms with Crippen LogP contribution in [-0.2, 0) is 13.5 Å². The molecule has 4 heteroatoms. The number of halogens is 1. The monoisotopic (exact) mass is 291 g/mol. The number of aromatic nitrogens is 2. The van der Waals surface area contributed by atoms with Crippen molar-refractivity contribution >= 4 is 11.6 Å². The summed E-state index contributed by atoms with van der Waals surface area (Å²) in [6, 6.07) is 8.26. The molecule has 1 atom stereocenters. The highest BCUT2D eigenvalue weighted by molar-refractivity contribution is 6.31. The van der Waals surface area contributed by atoms with Crippen molar-refractivity contribution in [1.82, 2.24) is 15.1 Å². The Hall–Kier alpha value is -1.32. The molecule has 0 saturated heterocycles. The van der Waals surface area contributed by atoms with Gasteiger partial charge in [0.15, 0.2) is 0 Å². The van der Waals surface area contributed by atoms with E-state index in [0.29, 0.717) is 0 Å². The minimum atomic E-state index is 0.218. The van der Waals surface area contributed by atoms with Gasteiger partial charge in [-0.05, 0) is 44.0 Å². The van der Waals surface area contributed by atoms with Crippen LogP contribution in [0, 0.1) is 13.8 Å². The Labute approximate surface area is 126 Å². The van der Waals surface area contributed by atoms with Crippen molar-refractivity contribution in [3.63, 3.8) is 0 Å². The van der Waals surface area contributed by atoms with E-state index in [1.807, 2.05) is 29.9 Å². The van der Waals surface area contributed by atoms with Crippen molar-refractivity contribution in [3.8, 4) is 0 Å². The summed E-state index contributed by atoms with van der Waals surface area (Å²) in [6.45, 7) is 7.21. The standard InChI is InChI=1S/C16H22ClN3/c1-5-18-16(13-8-6-7-9-15(13)17)10-14-11(2)19-20(4)12(14)3/h6-9,16,18H,5,10H2,1-4H3. The summed E-state index contributed by atoms with van der Waals surface area (Å²) >= 11 is 6.34. The molecule has 0 bridgehead atoms. The molecule has 1 aromatic heterocycles. The van der Waals surface area contributed by atoms with Crippen LogP contribution in [0.2, 0.25) is 5.02 Å². The number of nitrogens with zero attached hydrogens (tertiary/aromatic N) is 2.